The first-order chi connectivity index (χ1) is 15.0. The minimum Gasteiger partial charge on any atom is -0.393 e. The summed E-state index contributed by atoms with van der Waals surface area (Å²) in [5.74, 6) is 0.389. The maximum Gasteiger partial charge on any atom is 0.0639 e. The topological polar surface area (TPSA) is 120 Å². The van der Waals surface area contributed by atoms with Gasteiger partial charge < -0.3 is 35.7 Å². The van der Waals surface area contributed by atoms with Gasteiger partial charge in [0.1, 0.15) is 0 Å². The van der Waals surface area contributed by atoms with E-state index in [4.69, 9.17) is 0 Å². The minimum absolute atomic E-state index is 0.345. The molecule has 0 aliphatic heterocycles. The SMILES string of the molecule is CC(O)CNCCCN(CCC(CCCN(CC(C)O)CC(C)O)CC(C)O)CC(C)O. The molecule has 0 rings (SSSR count). The van der Waals surface area contributed by atoms with Crippen molar-refractivity contribution in [2.45, 2.75) is 97.2 Å². The van der Waals surface area contributed by atoms with Crippen LogP contribution in [-0.2, 0) is 0 Å². The summed E-state index contributed by atoms with van der Waals surface area (Å²) in [5, 5.41) is 51.8. The van der Waals surface area contributed by atoms with Crippen molar-refractivity contribution in [2.75, 3.05) is 52.4 Å². The first kappa shape index (κ1) is 31.7. The Kier molecular flexibility index (Phi) is 18.8. The van der Waals surface area contributed by atoms with Gasteiger partial charge in [0.25, 0.3) is 0 Å². The molecule has 8 nitrogen and oxygen atoms in total. The summed E-state index contributed by atoms with van der Waals surface area (Å²) in [7, 11) is 0. The molecule has 0 aliphatic rings. The molecule has 0 aromatic carbocycles. The van der Waals surface area contributed by atoms with Gasteiger partial charge in [0.05, 0.1) is 30.5 Å². The fourth-order valence-electron chi connectivity index (χ4n) is 4.24. The number of hydrogen-bond acceptors (Lipinski definition) is 8. The van der Waals surface area contributed by atoms with Gasteiger partial charge in [-0.1, -0.05) is 0 Å². The number of nitrogens with zero attached hydrogens (tertiary/aromatic N) is 2. The zero-order chi connectivity index (χ0) is 24.5. The van der Waals surface area contributed by atoms with Gasteiger partial charge in [0.15, 0.2) is 0 Å². The first-order valence-corrected chi connectivity index (χ1v) is 12.5. The van der Waals surface area contributed by atoms with Gasteiger partial charge in [-0.25, -0.2) is 0 Å². The molecule has 0 amide bonds. The number of nitrogens with one attached hydrogen (secondary N) is 1. The van der Waals surface area contributed by atoms with E-state index in [2.05, 4.69) is 15.1 Å². The fraction of sp³-hybridized carbons (Fsp3) is 1.00. The summed E-state index contributed by atoms with van der Waals surface area (Å²) in [4.78, 5) is 4.39. The van der Waals surface area contributed by atoms with Crippen LogP contribution in [0.2, 0.25) is 0 Å². The van der Waals surface area contributed by atoms with Gasteiger partial charge in [0, 0.05) is 26.2 Å². The molecule has 0 fully saturated rings. The van der Waals surface area contributed by atoms with Crippen LogP contribution >= 0.6 is 0 Å². The summed E-state index contributed by atoms with van der Waals surface area (Å²) in [6.07, 6.45) is 2.69. The largest absolute Gasteiger partial charge is 0.393 e. The third-order valence-electron chi connectivity index (χ3n) is 5.45. The Morgan fingerprint density at radius 2 is 1.12 bits per heavy atom. The summed E-state index contributed by atoms with van der Waals surface area (Å²) >= 11 is 0. The predicted molar refractivity (Wildman–Crippen MR) is 131 cm³/mol. The lowest BCUT2D eigenvalue weighted by atomic mass is 9.93. The molecule has 6 atom stereocenters. The van der Waals surface area contributed by atoms with E-state index in [-0.39, 0.29) is 18.3 Å². The molecule has 32 heavy (non-hydrogen) atoms. The Morgan fingerprint density at radius 1 is 0.594 bits per heavy atom. The molecular weight excluding hydrogens is 410 g/mol. The molecule has 0 saturated heterocycles. The second-order valence-electron chi connectivity index (χ2n) is 9.90. The lowest BCUT2D eigenvalue weighted by Gasteiger charge is -2.28. The van der Waals surface area contributed by atoms with Crippen molar-refractivity contribution in [3.8, 4) is 0 Å². The standard InChI is InChI=1S/C24H53N3O5/c1-19(28)14-24(8-6-11-27(17-22(4)31)18-23(5)32)9-13-26(16-21(3)30)12-7-10-25-15-20(2)29/h19-25,28-32H,6-18H2,1-5H3. The van der Waals surface area contributed by atoms with Gasteiger partial charge in [0.2, 0.25) is 0 Å². The third kappa shape index (κ3) is 20.3. The van der Waals surface area contributed by atoms with E-state index in [0.717, 1.165) is 58.3 Å². The van der Waals surface area contributed by atoms with Crippen LogP contribution in [0.25, 0.3) is 0 Å². The Balaban J connectivity index is 4.60. The van der Waals surface area contributed by atoms with Gasteiger partial charge >= 0.3 is 0 Å². The molecule has 6 N–H and O–H groups in total. The zero-order valence-electron chi connectivity index (χ0n) is 21.3. The molecule has 0 saturated carbocycles. The molecular formula is C24H53N3O5. The average Bonchev–Trinajstić information content (AvgIpc) is 2.63. The van der Waals surface area contributed by atoms with E-state index >= 15 is 0 Å². The number of aliphatic hydroxyl groups excluding tert-OH is 5. The normalized spacial score (nSPS) is 18.0. The maximum atomic E-state index is 9.97. The van der Waals surface area contributed by atoms with Crippen molar-refractivity contribution in [1.82, 2.24) is 15.1 Å². The first-order valence-electron chi connectivity index (χ1n) is 12.5. The van der Waals surface area contributed by atoms with Crippen LogP contribution in [0, 0.1) is 5.92 Å². The Bertz CT molecular complexity index is 412. The average molecular weight is 464 g/mol. The molecule has 8 heteroatoms. The van der Waals surface area contributed by atoms with Crippen molar-refractivity contribution in [2.24, 2.45) is 5.92 Å². The Morgan fingerprint density at radius 3 is 1.62 bits per heavy atom. The highest BCUT2D eigenvalue weighted by Crippen LogP contribution is 2.19. The van der Waals surface area contributed by atoms with E-state index in [9.17, 15) is 25.5 Å². The highest BCUT2D eigenvalue weighted by atomic mass is 16.3. The molecule has 0 heterocycles. The monoisotopic (exact) mass is 463 g/mol. The zero-order valence-corrected chi connectivity index (χ0v) is 21.3. The molecule has 0 aromatic heterocycles. The number of aliphatic hydroxyl groups is 5. The van der Waals surface area contributed by atoms with E-state index in [1.54, 1.807) is 20.8 Å². The second kappa shape index (κ2) is 19.0. The van der Waals surface area contributed by atoms with Gasteiger partial charge in [-0.2, -0.15) is 0 Å². The fourth-order valence-corrected chi connectivity index (χ4v) is 4.24. The Hall–Kier alpha value is -0.320. The predicted octanol–water partition coefficient (Wildman–Crippen LogP) is 0.651. The van der Waals surface area contributed by atoms with Crippen LogP contribution in [-0.4, -0.2) is 118 Å². The van der Waals surface area contributed by atoms with Crippen molar-refractivity contribution >= 4 is 0 Å². The molecule has 194 valence electrons. The lowest BCUT2D eigenvalue weighted by molar-refractivity contribution is 0.0798. The summed E-state index contributed by atoms with van der Waals surface area (Å²) in [6.45, 7) is 14.7. The highest BCUT2D eigenvalue weighted by Gasteiger charge is 2.17. The molecule has 0 spiro atoms. The molecule has 0 bridgehead atoms. The van der Waals surface area contributed by atoms with Gasteiger partial charge in [-0.05, 0) is 98.8 Å². The van der Waals surface area contributed by atoms with Crippen molar-refractivity contribution in [1.29, 1.82) is 0 Å². The molecule has 6 unspecified atom stereocenters. The summed E-state index contributed by atoms with van der Waals surface area (Å²) in [5.41, 5.74) is 0. The van der Waals surface area contributed by atoms with Gasteiger partial charge in [-0.15, -0.1) is 0 Å². The number of hydrogen-bond donors (Lipinski definition) is 6. The third-order valence-corrected chi connectivity index (χ3v) is 5.45. The summed E-state index contributed by atoms with van der Waals surface area (Å²) in [6, 6.07) is 0. The van der Waals surface area contributed by atoms with Crippen molar-refractivity contribution in [3.63, 3.8) is 0 Å². The highest BCUT2D eigenvalue weighted by molar-refractivity contribution is 4.71. The van der Waals surface area contributed by atoms with Crippen LogP contribution < -0.4 is 5.32 Å². The second-order valence-corrected chi connectivity index (χ2v) is 9.90. The van der Waals surface area contributed by atoms with Crippen molar-refractivity contribution < 1.29 is 25.5 Å². The van der Waals surface area contributed by atoms with E-state index in [0.29, 0.717) is 32.1 Å². The van der Waals surface area contributed by atoms with Crippen LogP contribution in [0.5, 0.6) is 0 Å². The van der Waals surface area contributed by atoms with E-state index < -0.39 is 12.2 Å². The lowest BCUT2D eigenvalue weighted by Crippen LogP contribution is -2.37. The van der Waals surface area contributed by atoms with Gasteiger partial charge in [-0.3, -0.25) is 4.90 Å². The Labute approximate surface area is 196 Å². The van der Waals surface area contributed by atoms with Crippen LogP contribution in [0.1, 0.15) is 66.7 Å². The number of rotatable bonds is 21. The quantitative estimate of drug-likeness (QED) is 0.137. The van der Waals surface area contributed by atoms with Crippen LogP contribution in [0.4, 0.5) is 0 Å². The molecule has 0 aliphatic carbocycles. The molecule has 0 radical (unpaired) electrons. The maximum absolute atomic E-state index is 9.97. The van der Waals surface area contributed by atoms with Crippen molar-refractivity contribution in [3.05, 3.63) is 0 Å². The minimum atomic E-state index is -0.425. The van der Waals surface area contributed by atoms with E-state index in [1.807, 2.05) is 13.8 Å². The van der Waals surface area contributed by atoms with Crippen LogP contribution in [0.15, 0.2) is 0 Å². The summed E-state index contributed by atoms with van der Waals surface area (Å²) < 4.78 is 0. The smallest absolute Gasteiger partial charge is 0.0639 e. The van der Waals surface area contributed by atoms with E-state index in [1.165, 1.54) is 0 Å². The van der Waals surface area contributed by atoms with Crippen LogP contribution in [0.3, 0.4) is 0 Å². The molecule has 0 aromatic rings.